The second-order valence-electron chi connectivity index (χ2n) is 6.05. The molecule has 0 unspecified atom stereocenters. The molecule has 0 aliphatic heterocycles. The molecule has 0 aliphatic rings. The lowest BCUT2D eigenvalue weighted by Crippen LogP contribution is -2.80. The molecule has 0 heterocycles. The molecule has 0 saturated carbocycles. The van der Waals surface area contributed by atoms with Crippen molar-refractivity contribution in [2.24, 2.45) is 5.34 Å². The maximum Gasteiger partial charge on any atom is 0.102 e. The molecule has 0 aliphatic carbocycles. The molecule has 4 nitrogen and oxygen atoms in total. The summed E-state index contributed by atoms with van der Waals surface area (Å²) in [5, 5.41) is 16.8. The monoisotopic (exact) mass is 344 g/mol. The van der Waals surface area contributed by atoms with Crippen LogP contribution in [0.25, 0.3) is 21.5 Å². The molecule has 4 aromatic rings. The van der Waals surface area contributed by atoms with Crippen molar-refractivity contribution in [3.05, 3.63) is 106 Å². The summed E-state index contributed by atoms with van der Waals surface area (Å²) in [6.07, 6.45) is 0. The van der Waals surface area contributed by atoms with E-state index in [9.17, 15) is 0 Å². The van der Waals surface area contributed by atoms with Crippen LogP contribution in [0.2, 0.25) is 0 Å². The van der Waals surface area contributed by atoms with Gasteiger partial charge in [-0.15, -0.1) is 5.34 Å². The first-order valence-corrected chi connectivity index (χ1v) is 8.53. The van der Waals surface area contributed by atoms with Gasteiger partial charge < -0.3 is 15.4 Å². The van der Waals surface area contributed by atoms with E-state index < -0.39 is 0 Å². The Morgan fingerprint density at radius 2 is 1.04 bits per heavy atom. The number of nitrogens with zero attached hydrogens (tertiary/aromatic N) is 1. The molecule has 0 radical (unpaired) electrons. The molecule has 26 heavy (non-hydrogen) atoms. The summed E-state index contributed by atoms with van der Waals surface area (Å²) in [5.74, 6) is 0. The number of quaternary nitrogens is 1. The topological polar surface area (TPSA) is 69.1 Å². The average Bonchev–Trinajstić information content (AvgIpc) is 2.69. The molecule has 0 spiro atoms. The zero-order valence-corrected chi connectivity index (χ0v) is 14.3. The van der Waals surface area contributed by atoms with E-state index in [1.165, 1.54) is 32.7 Å². The van der Waals surface area contributed by atoms with Gasteiger partial charge in [-0.05, 0) is 21.5 Å². The molecule has 4 rings (SSSR count). The van der Waals surface area contributed by atoms with E-state index in [0.29, 0.717) is 0 Å². The molecular weight excluding hydrogens is 324 g/mol. The van der Waals surface area contributed by atoms with Crippen LogP contribution in [-0.2, 0) is 13.1 Å². The van der Waals surface area contributed by atoms with Gasteiger partial charge in [0.25, 0.3) is 0 Å². The van der Waals surface area contributed by atoms with Gasteiger partial charge >= 0.3 is 0 Å². The SMILES string of the molecule is O=N[O-].c1ccc2c(C[NH2+]Cc3cccc4ccccc34)cccc2c1. The van der Waals surface area contributed by atoms with Crippen molar-refractivity contribution in [1.29, 1.82) is 0 Å². The van der Waals surface area contributed by atoms with E-state index in [-0.39, 0.29) is 0 Å². The number of hydrogen-bond donors (Lipinski definition) is 1. The average molecular weight is 344 g/mol. The first-order valence-electron chi connectivity index (χ1n) is 8.53. The van der Waals surface area contributed by atoms with Crippen molar-refractivity contribution < 1.29 is 5.32 Å². The minimum Gasteiger partial charge on any atom is -0.444 e. The van der Waals surface area contributed by atoms with Gasteiger partial charge in [0.15, 0.2) is 0 Å². The molecule has 0 bridgehead atoms. The van der Waals surface area contributed by atoms with E-state index in [0.717, 1.165) is 18.4 Å². The van der Waals surface area contributed by atoms with E-state index >= 15 is 0 Å². The van der Waals surface area contributed by atoms with Gasteiger partial charge in [0.2, 0.25) is 0 Å². The smallest absolute Gasteiger partial charge is 0.102 e. The van der Waals surface area contributed by atoms with Crippen molar-refractivity contribution in [3.63, 3.8) is 0 Å². The predicted molar refractivity (Wildman–Crippen MR) is 106 cm³/mol. The number of nitrogens with two attached hydrogens (primary N) is 1. The molecule has 4 aromatic carbocycles. The highest BCUT2D eigenvalue weighted by Gasteiger charge is 2.04. The van der Waals surface area contributed by atoms with Gasteiger partial charge in [-0.3, -0.25) is 0 Å². The van der Waals surface area contributed by atoms with Crippen LogP contribution in [-0.4, -0.2) is 0 Å². The Bertz CT molecular complexity index is 925. The second-order valence-corrected chi connectivity index (χ2v) is 6.05. The molecule has 0 amide bonds. The standard InChI is InChI=1S/C22H19N.HNO2/c1-3-13-21-17(7-1)9-5-11-19(21)15-23-16-20-12-6-10-18-8-2-4-14-22(18)20;2-1-3/h1-14,23H,15-16H2;(H,2,3). The fraction of sp³-hybridized carbons (Fsp3) is 0.0909. The predicted octanol–water partition coefficient (Wildman–Crippen LogP) is 4.51. The third-order valence-corrected chi connectivity index (χ3v) is 4.49. The van der Waals surface area contributed by atoms with Crippen LogP contribution in [0.1, 0.15) is 11.1 Å². The Hall–Kier alpha value is -3.24. The molecule has 130 valence electrons. The van der Waals surface area contributed by atoms with Crippen LogP contribution in [0, 0.1) is 10.1 Å². The number of benzene rings is 4. The summed E-state index contributed by atoms with van der Waals surface area (Å²) >= 11 is 0. The molecule has 2 N–H and O–H groups in total. The summed E-state index contributed by atoms with van der Waals surface area (Å²) < 4.78 is 0. The highest BCUT2D eigenvalue weighted by molar-refractivity contribution is 5.86. The van der Waals surface area contributed by atoms with Gasteiger partial charge in [-0.25, -0.2) is 0 Å². The Labute approximate surface area is 152 Å². The van der Waals surface area contributed by atoms with Gasteiger partial charge in [0.05, 0.1) is 0 Å². The van der Waals surface area contributed by atoms with Gasteiger partial charge in [0.1, 0.15) is 13.1 Å². The summed E-state index contributed by atoms with van der Waals surface area (Å²) in [4.78, 5) is 8.00. The van der Waals surface area contributed by atoms with Crippen molar-refractivity contribution >= 4 is 21.5 Å². The number of hydrogen-bond acceptors (Lipinski definition) is 3. The third-order valence-electron chi connectivity index (χ3n) is 4.49. The molecule has 0 aromatic heterocycles. The van der Waals surface area contributed by atoms with Crippen molar-refractivity contribution in [1.82, 2.24) is 0 Å². The Morgan fingerprint density at radius 1 is 0.654 bits per heavy atom. The van der Waals surface area contributed by atoms with Crippen molar-refractivity contribution in [2.75, 3.05) is 0 Å². The zero-order chi connectivity index (χ0) is 18.2. The van der Waals surface area contributed by atoms with Crippen molar-refractivity contribution in [3.8, 4) is 0 Å². The fourth-order valence-corrected chi connectivity index (χ4v) is 3.32. The van der Waals surface area contributed by atoms with E-state index in [4.69, 9.17) is 10.1 Å². The number of fused-ring (bicyclic) bond motifs is 2. The first kappa shape index (κ1) is 17.6. The maximum atomic E-state index is 8.00. The lowest BCUT2D eigenvalue weighted by Gasteiger charge is -2.08. The largest absolute Gasteiger partial charge is 0.444 e. The summed E-state index contributed by atoms with van der Waals surface area (Å²) in [5.41, 5.74) is 2.81. The summed E-state index contributed by atoms with van der Waals surface area (Å²) in [6, 6.07) is 30.4. The molecular formula is C22H20N2O2. The molecule has 0 atom stereocenters. The quantitative estimate of drug-likeness (QED) is 0.437. The zero-order valence-electron chi connectivity index (χ0n) is 14.3. The van der Waals surface area contributed by atoms with E-state index in [1.54, 1.807) is 0 Å². The van der Waals surface area contributed by atoms with Gasteiger partial charge in [-0.1, -0.05) is 84.9 Å². The third kappa shape index (κ3) is 4.05. The van der Waals surface area contributed by atoms with Crippen molar-refractivity contribution in [2.45, 2.75) is 13.1 Å². The Morgan fingerprint density at radius 3 is 1.50 bits per heavy atom. The lowest BCUT2D eigenvalue weighted by atomic mass is 10.0. The maximum absolute atomic E-state index is 8.00. The van der Waals surface area contributed by atoms with Crippen LogP contribution < -0.4 is 5.32 Å². The minimum absolute atomic E-state index is 1.00. The van der Waals surface area contributed by atoms with Crippen LogP contribution in [0.15, 0.2) is 90.3 Å². The lowest BCUT2D eigenvalue weighted by molar-refractivity contribution is -0.685. The summed E-state index contributed by atoms with van der Waals surface area (Å²) in [6.45, 7) is 2.01. The second kappa shape index (κ2) is 8.74. The minimum atomic E-state index is 1.00. The van der Waals surface area contributed by atoms with Gasteiger partial charge in [-0.2, -0.15) is 0 Å². The van der Waals surface area contributed by atoms with E-state index in [2.05, 4.69) is 90.2 Å². The first-order chi connectivity index (χ1) is 12.8. The molecule has 0 fully saturated rings. The van der Waals surface area contributed by atoms with Crippen LogP contribution in [0.4, 0.5) is 0 Å². The van der Waals surface area contributed by atoms with E-state index in [1.807, 2.05) is 0 Å². The van der Waals surface area contributed by atoms with Crippen LogP contribution in [0.3, 0.4) is 0 Å². The Balaban J connectivity index is 0.000000613. The molecule has 4 heteroatoms. The highest BCUT2D eigenvalue weighted by atomic mass is 16.6. The summed E-state index contributed by atoms with van der Waals surface area (Å²) in [7, 11) is 0. The normalized spacial score (nSPS) is 10.3. The van der Waals surface area contributed by atoms with Gasteiger partial charge in [0, 0.05) is 11.1 Å². The fourth-order valence-electron chi connectivity index (χ4n) is 3.32. The van der Waals surface area contributed by atoms with Crippen LogP contribution >= 0.6 is 0 Å². The molecule has 0 saturated heterocycles. The van der Waals surface area contributed by atoms with Crippen LogP contribution in [0.5, 0.6) is 0 Å². The highest BCUT2D eigenvalue weighted by Crippen LogP contribution is 2.19. The Kier molecular flexibility index (Phi) is 5.91. The number of rotatable bonds is 4.